The fourth-order valence-corrected chi connectivity index (χ4v) is 3.11. The Balaban J connectivity index is 1.74. The van der Waals surface area contributed by atoms with Crippen LogP contribution in [0.2, 0.25) is 0 Å². The van der Waals surface area contributed by atoms with E-state index in [-0.39, 0.29) is 18.0 Å². The maximum atomic E-state index is 12.3. The number of nitrogens with one attached hydrogen (secondary N) is 1. The van der Waals surface area contributed by atoms with Crippen molar-refractivity contribution in [3.8, 4) is 0 Å². The lowest BCUT2D eigenvalue weighted by Gasteiger charge is -2.36. The summed E-state index contributed by atoms with van der Waals surface area (Å²) in [7, 11) is 0. The van der Waals surface area contributed by atoms with E-state index in [4.69, 9.17) is 5.73 Å². The maximum absolute atomic E-state index is 12.3. The van der Waals surface area contributed by atoms with Crippen LogP contribution < -0.4 is 11.1 Å². The van der Waals surface area contributed by atoms with Gasteiger partial charge >= 0.3 is 6.03 Å². The molecule has 0 bridgehead atoms. The Bertz CT molecular complexity index is 353. The molecule has 2 fully saturated rings. The van der Waals surface area contributed by atoms with E-state index in [1.165, 1.54) is 6.42 Å². The van der Waals surface area contributed by atoms with Crippen LogP contribution in [0.25, 0.3) is 0 Å². The van der Waals surface area contributed by atoms with E-state index in [0.29, 0.717) is 12.6 Å². The lowest BCUT2D eigenvalue weighted by Crippen LogP contribution is -2.53. The molecule has 2 aliphatic heterocycles. The molecule has 114 valence electrons. The summed E-state index contributed by atoms with van der Waals surface area (Å²) in [4.78, 5) is 27.1. The molecule has 3 N–H and O–H groups in total. The molecule has 0 radical (unpaired) electrons. The Labute approximate surface area is 120 Å². The molecule has 1 unspecified atom stereocenters. The number of nitrogens with two attached hydrogens (primary N) is 1. The fraction of sp³-hybridized carbons (Fsp3) is 0.857. The van der Waals surface area contributed by atoms with Gasteiger partial charge in [-0.25, -0.2) is 4.79 Å². The first-order valence-corrected chi connectivity index (χ1v) is 7.64. The monoisotopic (exact) mass is 282 g/mol. The summed E-state index contributed by atoms with van der Waals surface area (Å²) in [5, 5.41) is 3.14. The number of rotatable bonds is 3. The van der Waals surface area contributed by atoms with Crippen LogP contribution in [0.5, 0.6) is 0 Å². The lowest BCUT2D eigenvalue weighted by molar-refractivity contribution is -0.119. The van der Waals surface area contributed by atoms with Gasteiger partial charge in [0, 0.05) is 31.7 Å². The van der Waals surface area contributed by atoms with Gasteiger partial charge in [0.2, 0.25) is 5.91 Å². The number of carbonyl (C=O) groups is 2. The number of hydrogen-bond acceptors (Lipinski definition) is 3. The highest BCUT2D eigenvalue weighted by atomic mass is 16.2. The van der Waals surface area contributed by atoms with Crippen molar-refractivity contribution in [2.24, 2.45) is 5.73 Å². The first kappa shape index (κ1) is 15.1. The summed E-state index contributed by atoms with van der Waals surface area (Å²) < 4.78 is 0. The van der Waals surface area contributed by atoms with Gasteiger partial charge in [0.25, 0.3) is 0 Å². The van der Waals surface area contributed by atoms with E-state index in [1.54, 1.807) is 0 Å². The number of carbonyl (C=O) groups excluding carboxylic acids is 2. The van der Waals surface area contributed by atoms with Gasteiger partial charge in [0.1, 0.15) is 0 Å². The van der Waals surface area contributed by atoms with Crippen molar-refractivity contribution in [1.29, 1.82) is 0 Å². The predicted molar refractivity (Wildman–Crippen MR) is 77.2 cm³/mol. The summed E-state index contributed by atoms with van der Waals surface area (Å²) in [6.45, 7) is 4.96. The summed E-state index contributed by atoms with van der Waals surface area (Å²) in [6.07, 6.45) is 5.21. The van der Waals surface area contributed by atoms with Gasteiger partial charge in [-0.1, -0.05) is 0 Å². The minimum atomic E-state index is -0.283. The third kappa shape index (κ3) is 4.10. The molecule has 1 atom stereocenters. The molecule has 2 rings (SSSR count). The molecule has 2 aliphatic rings. The van der Waals surface area contributed by atoms with E-state index in [9.17, 15) is 9.59 Å². The molecular formula is C14H26N4O2. The molecule has 0 aromatic rings. The minimum absolute atomic E-state index is 0.0746. The van der Waals surface area contributed by atoms with Crippen LogP contribution >= 0.6 is 0 Å². The molecule has 0 spiro atoms. The molecule has 0 aromatic heterocycles. The van der Waals surface area contributed by atoms with Gasteiger partial charge in [-0.3, -0.25) is 9.69 Å². The largest absolute Gasteiger partial charge is 0.369 e. The summed E-state index contributed by atoms with van der Waals surface area (Å²) in [5.74, 6) is -0.283. The van der Waals surface area contributed by atoms with Gasteiger partial charge in [-0.15, -0.1) is 0 Å². The number of likely N-dealkylation sites (tertiary alicyclic amines) is 2. The Morgan fingerprint density at radius 1 is 1.15 bits per heavy atom. The molecule has 6 heteroatoms. The van der Waals surface area contributed by atoms with Gasteiger partial charge < -0.3 is 16.0 Å². The number of amides is 3. The molecule has 2 saturated heterocycles. The summed E-state index contributed by atoms with van der Waals surface area (Å²) in [6, 6.07) is 0.644. The van der Waals surface area contributed by atoms with Gasteiger partial charge in [-0.05, 0) is 39.0 Å². The Morgan fingerprint density at radius 2 is 1.85 bits per heavy atom. The highest BCUT2D eigenvalue weighted by molar-refractivity contribution is 5.76. The third-order valence-electron chi connectivity index (χ3n) is 4.36. The quantitative estimate of drug-likeness (QED) is 0.792. The van der Waals surface area contributed by atoms with Crippen LogP contribution in [-0.2, 0) is 4.79 Å². The second kappa shape index (κ2) is 6.92. The van der Waals surface area contributed by atoms with Crippen LogP contribution in [0.15, 0.2) is 0 Å². The number of nitrogens with zero attached hydrogens (tertiary/aromatic N) is 2. The Kier molecular flexibility index (Phi) is 5.23. The highest BCUT2D eigenvalue weighted by Crippen LogP contribution is 2.17. The summed E-state index contributed by atoms with van der Waals surface area (Å²) >= 11 is 0. The summed E-state index contributed by atoms with van der Waals surface area (Å²) in [5.41, 5.74) is 5.19. The van der Waals surface area contributed by atoms with E-state index < -0.39 is 0 Å². The zero-order valence-corrected chi connectivity index (χ0v) is 12.3. The van der Waals surface area contributed by atoms with Crippen molar-refractivity contribution in [2.75, 3.05) is 26.2 Å². The fourth-order valence-electron chi connectivity index (χ4n) is 3.11. The first-order valence-electron chi connectivity index (χ1n) is 7.64. The van der Waals surface area contributed by atoms with Crippen LogP contribution in [0.4, 0.5) is 4.79 Å². The SMILES string of the molecule is CC1CCCCN1C(=O)NC1CCN(CC(N)=O)CC1. The van der Waals surface area contributed by atoms with Gasteiger partial charge in [0.05, 0.1) is 6.54 Å². The second-order valence-corrected chi connectivity index (χ2v) is 6.00. The molecular weight excluding hydrogens is 256 g/mol. The third-order valence-corrected chi connectivity index (χ3v) is 4.36. The Morgan fingerprint density at radius 3 is 2.45 bits per heavy atom. The molecule has 0 aromatic carbocycles. The zero-order valence-electron chi connectivity index (χ0n) is 12.3. The number of primary amides is 1. The predicted octanol–water partition coefficient (Wildman–Crippen LogP) is 0.520. The standard InChI is InChI=1S/C14H26N4O2/c1-11-4-2-3-7-18(11)14(20)16-12-5-8-17(9-6-12)10-13(15)19/h11-12H,2-10H2,1H3,(H2,15,19)(H,16,20). The van der Waals surface area contributed by atoms with Crippen molar-refractivity contribution in [2.45, 2.75) is 51.1 Å². The molecule has 0 aliphatic carbocycles. The van der Waals surface area contributed by atoms with Gasteiger partial charge in [0.15, 0.2) is 0 Å². The van der Waals surface area contributed by atoms with Crippen molar-refractivity contribution in [1.82, 2.24) is 15.1 Å². The van der Waals surface area contributed by atoms with Crippen molar-refractivity contribution < 1.29 is 9.59 Å². The molecule has 3 amide bonds. The molecule has 6 nitrogen and oxygen atoms in total. The first-order chi connectivity index (χ1) is 9.56. The van der Waals surface area contributed by atoms with Crippen molar-refractivity contribution in [3.05, 3.63) is 0 Å². The lowest BCUT2D eigenvalue weighted by atomic mass is 10.0. The maximum Gasteiger partial charge on any atom is 0.317 e. The van der Waals surface area contributed by atoms with Crippen LogP contribution in [-0.4, -0.2) is 60.0 Å². The molecule has 20 heavy (non-hydrogen) atoms. The minimum Gasteiger partial charge on any atom is -0.369 e. The van der Waals surface area contributed by atoms with Gasteiger partial charge in [-0.2, -0.15) is 0 Å². The molecule has 0 saturated carbocycles. The number of hydrogen-bond donors (Lipinski definition) is 2. The highest BCUT2D eigenvalue weighted by Gasteiger charge is 2.27. The van der Waals surface area contributed by atoms with Crippen LogP contribution in [0, 0.1) is 0 Å². The van der Waals surface area contributed by atoms with Crippen molar-refractivity contribution in [3.63, 3.8) is 0 Å². The smallest absolute Gasteiger partial charge is 0.317 e. The zero-order chi connectivity index (χ0) is 14.5. The van der Waals surface area contributed by atoms with Crippen LogP contribution in [0.3, 0.4) is 0 Å². The topological polar surface area (TPSA) is 78.7 Å². The average Bonchev–Trinajstić information content (AvgIpc) is 2.41. The van der Waals surface area contributed by atoms with Crippen molar-refractivity contribution >= 4 is 11.9 Å². The number of piperidine rings is 2. The molecule has 2 heterocycles. The van der Waals surface area contributed by atoms with E-state index in [0.717, 1.165) is 45.3 Å². The van der Waals surface area contributed by atoms with E-state index in [2.05, 4.69) is 17.1 Å². The second-order valence-electron chi connectivity index (χ2n) is 6.00. The number of urea groups is 1. The van der Waals surface area contributed by atoms with Crippen LogP contribution in [0.1, 0.15) is 39.0 Å². The van der Waals surface area contributed by atoms with E-state index >= 15 is 0 Å². The Hall–Kier alpha value is -1.30. The normalized spacial score (nSPS) is 25.4. The van der Waals surface area contributed by atoms with E-state index in [1.807, 2.05) is 4.90 Å². The average molecular weight is 282 g/mol.